The van der Waals surface area contributed by atoms with Gasteiger partial charge in [0.25, 0.3) is 5.91 Å². The van der Waals surface area contributed by atoms with Gasteiger partial charge < -0.3 is 5.32 Å². The SMILES string of the molecule is CC(I)C(=S)NC(=O)c1ccccc1. The van der Waals surface area contributed by atoms with Crippen LogP contribution in [0.5, 0.6) is 0 Å². The van der Waals surface area contributed by atoms with E-state index in [-0.39, 0.29) is 9.83 Å². The molecule has 74 valence electrons. The molecule has 0 bridgehead atoms. The monoisotopic (exact) mass is 319 g/mol. The number of alkyl halides is 1. The lowest BCUT2D eigenvalue weighted by Gasteiger charge is -2.07. The molecule has 1 rings (SSSR count). The quantitative estimate of drug-likeness (QED) is 0.516. The minimum atomic E-state index is -0.140. The Morgan fingerprint density at radius 2 is 2.00 bits per heavy atom. The van der Waals surface area contributed by atoms with Crippen LogP contribution in [-0.4, -0.2) is 14.8 Å². The second kappa shape index (κ2) is 5.41. The van der Waals surface area contributed by atoms with Gasteiger partial charge in [-0.1, -0.05) is 53.0 Å². The van der Waals surface area contributed by atoms with E-state index in [4.69, 9.17) is 12.2 Å². The number of nitrogens with one attached hydrogen (secondary N) is 1. The summed E-state index contributed by atoms with van der Waals surface area (Å²) in [7, 11) is 0. The third kappa shape index (κ3) is 3.34. The summed E-state index contributed by atoms with van der Waals surface area (Å²) in [6.45, 7) is 1.94. The van der Waals surface area contributed by atoms with Crippen molar-refractivity contribution in [3.8, 4) is 0 Å². The molecule has 2 nitrogen and oxygen atoms in total. The Labute approximate surface area is 102 Å². The third-order valence-corrected chi connectivity index (χ3v) is 3.14. The molecule has 0 aliphatic heterocycles. The van der Waals surface area contributed by atoms with E-state index in [1.165, 1.54) is 0 Å². The van der Waals surface area contributed by atoms with Gasteiger partial charge in [-0.25, -0.2) is 0 Å². The number of halogens is 1. The van der Waals surface area contributed by atoms with Crippen molar-refractivity contribution in [1.82, 2.24) is 5.32 Å². The van der Waals surface area contributed by atoms with Crippen LogP contribution in [0.25, 0.3) is 0 Å². The zero-order chi connectivity index (χ0) is 10.6. The fourth-order valence-electron chi connectivity index (χ4n) is 0.873. The van der Waals surface area contributed by atoms with Gasteiger partial charge in [-0.05, 0) is 19.1 Å². The first kappa shape index (κ1) is 11.6. The van der Waals surface area contributed by atoms with Gasteiger partial charge in [-0.15, -0.1) is 0 Å². The second-order valence-corrected chi connectivity index (χ2v) is 5.11. The molecule has 1 amide bonds. The number of hydrogen-bond donors (Lipinski definition) is 1. The molecule has 0 fully saturated rings. The summed E-state index contributed by atoms with van der Waals surface area (Å²) in [5, 5.41) is 2.68. The van der Waals surface area contributed by atoms with E-state index in [0.717, 1.165) is 0 Å². The Morgan fingerprint density at radius 3 is 2.50 bits per heavy atom. The number of amides is 1. The highest BCUT2D eigenvalue weighted by atomic mass is 127. The number of carbonyl (C=O) groups is 1. The summed E-state index contributed by atoms with van der Waals surface area (Å²) in [5.41, 5.74) is 0.631. The first-order valence-electron chi connectivity index (χ1n) is 4.15. The summed E-state index contributed by atoms with van der Waals surface area (Å²) < 4.78 is 0.162. The Balaban J connectivity index is 2.65. The van der Waals surface area contributed by atoms with Crippen molar-refractivity contribution in [2.75, 3.05) is 0 Å². The highest BCUT2D eigenvalue weighted by Crippen LogP contribution is 2.02. The van der Waals surface area contributed by atoms with Crippen LogP contribution in [0.1, 0.15) is 17.3 Å². The highest BCUT2D eigenvalue weighted by Gasteiger charge is 2.09. The van der Waals surface area contributed by atoms with Gasteiger partial charge in [-0.3, -0.25) is 4.79 Å². The molecule has 0 aliphatic rings. The lowest BCUT2D eigenvalue weighted by molar-refractivity contribution is 0.0977. The van der Waals surface area contributed by atoms with Crippen molar-refractivity contribution >= 4 is 45.7 Å². The number of rotatable bonds is 2. The van der Waals surface area contributed by atoms with Crippen LogP contribution in [0.4, 0.5) is 0 Å². The molecule has 14 heavy (non-hydrogen) atoms. The summed E-state index contributed by atoms with van der Waals surface area (Å²) in [6.07, 6.45) is 0. The zero-order valence-electron chi connectivity index (χ0n) is 7.66. The molecule has 1 atom stereocenters. The number of carbonyl (C=O) groups excluding carboxylic acids is 1. The van der Waals surface area contributed by atoms with E-state index in [9.17, 15) is 4.79 Å². The molecule has 0 spiro atoms. The third-order valence-electron chi connectivity index (χ3n) is 1.63. The van der Waals surface area contributed by atoms with Crippen LogP contribution in [0.15, 0.2) is 30.3 Å². The lowest BCUT2D eigenvalue weighted by atomic mass is 10.2. The molecule has 1 aromatic carbocycles. The summed E-state index contributed by atoms with van der Waals surface area (Å²) >= 11 is 7.18. The number of thiocarbonyl (C=S) groups is 1. The molecular formula is C10H10INOS. The van der Waals surface area contributed by atoms with E-state index >= 15 is 0 Å². The van der Waals surface area contributed by atoms with E-state index in [1.54, 1.807) is 12.1 Å². The van der Waals surface area contributed by atoms with Gasteiger partial charge in [0.2, 0.25) is 0 Å². The Morgan fingerprint density at radius 1 is 1.43 bits per heavy atom. The molecule has 0 aromatic heterocycles. The van der Waals surface area contributed by atoms with Crippen LogP contribution in [0.3, 0.4) is 0 Å². The fraction of sp³-hybridized carbons (Fsp3) is 0.200. The largest absolute Gasteiger partial charge is 0.315 e. The maximum atomic E-state index is 11.6. The average Bonchev–Trinajstić information content (AvgIpc) is 2.19. The molecule has 0 radical (unpaired) electrons. The maximum Gasteiger partial charge on any atom is 0.256 e. The van der Waals surface area contributed by atoms with Crippen molar-refractivity contribution in [2.24, 2.45) is 0 Å². The average molecular weight is 319 g/mol. The predicted molar refractivity (Wildman–Crippen MR) is 70.0 cm³/mol. The lowest BCUT2D eigenvalue weighted by Crippen LogP contribution is -2.33. The van der Waals surface area contributed by atoms with E-state index in [1.807, 2.05) is 25.1 Å². The molecule has 0 aliphatic carbocycles. The number of benzene rings is 1. The smallest absolute Gasteiger partial charge is 0.256 e. The topological polar surface area (TPSA) is 29.1 Å². The molecule has 1 aromatic rings. The summed E-state index contributed by atoms with van der Waals surface area (Å²) in [6, 6.07) is 9.04. The first-order valence-corrected chi connectivity index (χ1v) is 5.81. The summed E-state index contributed by atoms with van der Waals surface area (Å²) in [4.78, 5) is 12.1. The van der Waals surface area contributed by atoms with E-state index < -0.39 is 0 Å². The highest BCUT2D eigenvalue weighted by molar-refractivity contribution is 14.1. The maximum absolute atomic E-state index is 11.6. The molecule has 1 unspecified atom stereocenters. The second-order valence-electron chi connectivity index (χ2n) is 2.80. The van der Waals surface area contributed by atoms with Crippen molar-refractivity contribution in [2.45, 2.75) is 10.8 Å². The Bertz CT molecular complexity index is 337. The van der Waals surface area contributed by atoms with Gasteiger partial charge in [0.05, 0.1) is 8.91 Å². The first-order chi connectivity index (χ1) is 6.61. The van der Waals surface area contributed by atoms with Crippen LogP contribution in [0, 0.1) is 0 Å². The van der Waals surface area contributed by atoms with Crippen LogP contribution in [0.2, 0.25) is 0 Å². The van der Waals surface area contributed by atoms with E-state index in [0.29, 0.717) is 10.6 Å². The van der Waals surface area contributed by atoms with Crippen LogP contribution < -0.4 is 5.32 Å². The molecule has 4 heteroatoms. The van der Waals surface area contributed by atoms with Gasteiger partial charge in [0.1, 0.15) is 0 Å². The normalized spacial score (nSPS) is 11.9. The summed E-state index contributed by atoms with van der Waals surface area (Å²) in [5.74, 6) is -0.140. The van der Waals surface area contributed by atoms with Gasteiger partial charge in [0.15, 0.2) is 0 Å². The molecule has 1 N–H and O–H groups in total. The Kier molecular flexibility index (Phi) is 4.47. The standard InChI is InChI=1S/C10H10INOS/c1-7(11)10(14)12-9(13)8-5-3-2-4-6-8/h2-7H,1H3,(H,12,13,14). The van der Waals surface area contributed by atoms with Crippen LogP contribution in [-0.2, 0) is 0 Å². The minimum absolute atomic E-state index is 0.140. The van der Waals surface area contributed by atoms with Crippen molar-refractivity contribution in [3.05, 3.63) is 35.9 Å². The van der Waals surface area contributed by atoms with Crippen molar-refractivity contribution < 1.29 is 4.79 Å². The van der Waals surface area contributed by atoms with Crippen molar-refractivity contribution in [1.29, 1.82) is 0 Å². The van der Waals surface area contributed by atoms with Gasteiger partial charge >= 0.3 is 0 Å². The van der Waals surface area contributed by atoms with Crippen molar-refractivity contribution in [3.63, 3.8) is 0 Å². The molecule has 0 saturated heterocycles. The van der Waals surface area contributed by atoms with Crippen LogP contribution >= 0.6 is 34.8 Å². The predicted octanol–water partition coefficient (Wildman–Crippen LogP) is 2.57. The number of hydrogen-bond acceptors (Lipinski definition) is 2. The van der Waals surface area contributed by atoms with Gasteiger partial charge in [0, 0.05) is 5.56 Å². The molecule has 0 heterocycles. The minimum Gasteiger partial charge on any atom is -0.315 e. The van der Waals surface area contributed by atoms with E-state index in [2.05, 4.69) is 27.9 Å². The Hall–Kier alpha value is -0.490. The van der Waals surface area contributed by atoms with Gasteiger partial charge in [-0.2, -0.15) is 0 Å². The molecule has 0 saturated carbocycles. The zero-order valence-corrected chi connectivity index (χ0v) is 10.6. The molecular weight excluding hydrogens is 309 g/mol. The fourth-order valence-corrected chi connectivity index (χ4v) is 1.12.